The lowest BCUT2D eigenvalue weighted by atomic mass is 10.2. The molecular formula is C19H13N7OS. The zero-order valence-corrected chi connectivity index (χ0v) is 15.5. The number of amides is 1. The van der Waals surface area contributed by atoms with Gasteiger partial charge in [0, 0.05) is 23.3 Å². The molecule has 4 aromatic rings. The molecule has 4 heterocycles. The summed E-state index contributed by atoms with van der Waals surface area (Å²) in [5.41, 5.74) is 3.15. The molecule has 0 radical (unpaired) electrons. The number of aromatic nitrogens is 6. The number of hydrogen-bond donors (Lipinski definition) is 1. The molecule has 0 fully saturated rings. The summed E-state index contributed by atoms with van der Waals surface area (Å²) >= 11 is 1.31. The number of pyridine rings is 2. The molecule has 4 aromatic heterocycles. The molecule has 4 rings (SSSR count). The van der Waals surface area contributed by atoms with Crippen LogP contribution >= 0.6 is 11.3 Å². The van der Waals surface area contributed by atoms with Gasteiger partial charge in [-0.25, -0.2) is 9.67 Å². The third-order valence-electron chi connectivity index (χ3n) is 3.69. The Morgan fingerprint density at radius 2 is 2.11 bits per heavy atom. The van der Waals surface area contributed by atoms with E-state index in [0.717, 1.165) is 5.56 Å². The molecule has 28 heavy (non-hydrogen) atoms. The molecule has 0 aliphatic heterocycles. The number of thiazole rings is 1. The molecule has 0 atom stereocenters. The fourth-order valence-electron chi connectivity index (χ4n) is 2.43. The van der Waals surface area contributed by atoms with Gasteiger partial charge in [0.2, 0.25) is 0 Å². The topological polar surface area (TPSA) is 98.5 Å². The van der Waals surface area contributed by atoms with Crippen molar-refractivity contribution in [3.8, 4) is 28.9 Å². The largest absolute Gasteiger partial charge is 0.296 e. The van der Waals surface area contributed by atoms with Crippen molar-refractivity contribution >= 4 is 22.4 Å². The van der Waals surface area contributed by atoms with Crippen molar-refractivity contribution in [2.75, 3.05) is 5.32 Å². The van der Waals surface area contributed by atoms with Crippen LogP contribution in [0, 0.1) is 11.8 Å². The first-order valence-corrected chi connectivity index (χ1v) is 9.10. The predicted octanol–water partition coefficient (Wildman–Crippen LogP) is 2.80. The summed E-state index contributed by atoms with van der Waals surface area (Å²) in [7, 11) is 0. The number of nitrogens with zero attached hydrogens (tertiary/aromatic N) is 6. The maximum absolute atomic E-state index is 12.6. The maximum Gasteiger partial charge on any atom is 0.277 e. The highest BCUT2D eigenvalue weighted by molar-refractivity contribution is 7.14. The van der Waals surface area contributed by atoms with Crippen LogP contribution in [-0.4, -0.2) is 35.9 Å². The van der Waals surface area contributed by atoms with E-state index >= 15 is 0 Å². The minimum atomic E-state index is -0.365. The number of nitrogens with one attached hydrogen (secondary N) is 1. The molecule has 1 N–H and O–H groups in total. The second-order valence-electron chi connectivity index (χ2n) is 5.54. The van der Waals surface area contributed by atoms with Gasteiger partial charge in [-0.2, -0.15) is 0 Å². The Bertz CT molecular complexity index is 1170. The van der Waals surface area contributed by atoms with E-state index in [1.54, 1.807) is 37.6 Å². The van der Waals surface area contributed by atoms with Gasteiger partial charge in [0.1, 0.15) is 5.69 Å². The summed E-state index contributed by atoms with van der Waals surface area (Å²) in [6.45, 7) is 1.78. The van der Waals surface area contributed by atoms with Crippen LogP contribution in [0.25, 0.3) is 17.1 Å². The molecule has 0 saturated heterocycles. The zero-order valence-electron chi connectivity index (χ0n) is 14.7. The first-order chi connectivity index (χ1) is 13.7. The molecular weight excluding hydrogens is 374 g/mol. The lowest BCUT2D eigenvalue weighted by molar-refractivity contribution is 0.101. The summed E-state index contributed by atoms with van der Waals surface area (Å²) in [6, 6.07) is 7.28. The maximum atomic E-state index is 12.6. The minimum Gasteiger partial charge on any atom is -0.296 e. The van der Waals surface area contributed by atoms with Crippen LogP contribution in [0.5, 0.6) is 0 Å². The second kappa shape index (κ2) is 7.77. The van der Waals surface area contributed by atoms with E-state index in [2.05, 4.69) is 42.4 Å². The van der Waals surface area contributed by atoms with E-state index in [1.165, 1.54) is 22.2 Å². The van der Waals surface area contributed by atoms with Gasteiger partial charge in [0.15, 0.2) is 10.8 Å². The van der Waals surface area contributed by atoms with Gasteiger partial charge in [0.25, 0.3) is 5.91 Å². The van der Waals surface area contributed by atoms with E-state index in [4.69, 9.17) is 0 Å². The van der Waals surface area contributed by atoms with Crippen molar-refractivity contribution in [3.63, 3.8) is 0 Å². The lowest BCUT2D eigenvalue weighted by Crippen LogP contribution is -2.17. The van der Waals surface area contributed by atoms with Gasteiger partial charge in [-0.15, -0.1) is 22.4 Å². The third-order valence-corrected chi connectivity index (χ3v) is 4.45. The Hall–Kier alpha value is -3.90. The number of anilines is 1. The molecule has 1 amide bonds. The monoisotopic (exact) mass is 387 g/mol. The smallest absolute Gasteiger partial charge is 0.277 e. The molecule has 0 bridgehead atoms. The number of carbonyl (C=O) groups excluding carboxylic acids is 1. The zero-order chi connectivity index (χ0) is 19.3. The summed E-state index contributed by atoms with van der Waals surface area (Å²) in [4.78, 5) is 25.5. The van der Waals surface area contributed by atoms with Crippen molar-refractivity contribution < 1.29 is 4.79 Å². The van der Waals surface area contributed by atoms with Crippen LogP contribution < -0.4 is 5.32 Å². The van der Waals surface area contributed by atoms with Gasteiger partial charge < -0.3 is 0 Å². The van der Waals surface area contributed by atoms with Crippen LogP contribution in [0.4, 0.5) is 5.13 Å². The van der Waals surface area contributed by atoms with Crippen molar-refractivity contribution in [1.82, 2.24) is 29.9 Å². The van der Waals surface area contributed by atoms with E-state index in [-0.39, 0.29) is 11.6 Å². The number of carbonyl (C=O) groups is 1. The third kappa shape index (κ3) is 3.62. The summed E-state index contributed by atoms with van der Waals surface area (Å²) in [5.74, 6) is 5.41. The molecule has 0 unspecified atom stereocenters. The summed E-state index contributed by atoms with van der Waals surface area (Å²) in [6.07, 6.45) is 6.34. The van der Waals surface area contributed by atoms with Gasteiger partial charge in [-0.3, -0.25) is 20.1 Å². The summed E-state index contributed by atoms with van der Waals surface area (Å²) in [5, 5.41) is 12.8. The Morgan fingerprint density at radius 1 is 1.18 bits per heavy atom. The normalized spacial score (nSPS) is 10.2. The van der Waals surface area contributed by atoms with E-state index < -0.39 is 0 Å². The molecule has 0 saturated carbocycles. The highest BCUT2D eigenvalue weighted by Crippen LogP contribution is 2.24. The van der Waals surface area contributed by atoms with E-state index in [9.17, 15) is 4.79 Å². The van der Waals surface area contributed by atoms with Crippen molar-refractivity contribution in [1.29, 1.82) is 0 Å². The average Bonchev–Trinajstić information content (AvgIpc) is 3.39. The van der Waals surface area contributed by atoms with E-state index in [0.29, 0.717) is 22.2 Å². The quantitative estimate of drug-likeness (QED) is 0.541. The van der Waals surface area contributed by atoms with Crippen molar-refractivity contribution in [2.24, 2.45) is 0 Å². The molecule has 0 spiro atoms. The average molecular weight is 387 g/mol. The first-order valence-electron chi connectivity index (χ1n) is 8.22. The molecule has 9 heteroatoms. The fourth-order valence-corrected chi connectivity index (χ4v) is 3.13. The van der Waals surface area contributed by atoms with Crippen LogP contribution in [0.3, 0.4) is 0 Å². The molecule has 136 valence electrons. The highest BCUT2D eigenvalue weighted by atomic mass is 32.1. The Balaban J connectivity index is 1.52. The second-order valence-corrected chi connectivity index (χ2v) is 6.40. The molecule has 0 aliphatic carbocycles. The lowest BCUT2D eigenvalue weighted by Gasteiger charge is -2.04. The standard InChI is InChI=1S/C19H13N7OS/c1-2-4-13-6-7-15(21-9-13)16-12-28-19(23-16)24-18(27)17-11-22-25-26(17)14-5-3-8-20-10-14/h3,5-12H,1H3,(H,23,24,27). The Morgan fingerprint density at radius 3 is 2.86 bits per heavy atom. The molecule has 8 nitrogen and oxygen atoms in total. The van der Waals surface area contributed by atoms with Crippen LogP contribution in [0.1, 0.15) is 23.0 Å². The van der Waals surface area contributed by atoms with Crippen LogP contribution in [0.15, 0.2) is 54.4 Å². The van der Waals surface area contributed by atoms with Gasteiger partial charge >= 0.3 is 0 Å². The van der Waals surface area contributed by atoms with Gasteiger partial charge in [-0.05, 0) is 31.2 Å². The Kier molecular flexibility index (Phi) is 4.86. The minimum absolute atomic E-state index is 0.283. The molecule has 0 aliphatic rings. The fraction of sp³-hybridized carbons (Fsp3) is 0.0526. The van der Waals surface area contributed by atoms with Gasteiger partial charge in [0.05, 0.1) is 23.8 Å². The number of rotatable bonds is 4. The van der Waals surface area contributed by atoms with Crippen molar-refractivity contribution in [2.45, 2.75) is 6.92 Å². The van der Waals surface area contributed by atoms with Crippen LogP contribution in [0.2, 0.25) is 0 Å². The first kappa shape index (κ1) is 17.5. The van der Waals surface area contributed by atoms with Gasteiger partial charge in [-0.1, -0.05) is 11.1 Å². The number of hydrogen-bond acceptors (Lipinski definition) is 7. The SMILES string of the molecule is CC#Cc1ccc(-c2csc(NC(=O)c3cnnn3-c3cccnc3)n2)nc1. The summed E-state index contributed by atoms with van der Waals surface area (Å²) < 4.78 is 1.42. The Labute approximate surface area is 164 Å². The highest BCUT2D eigenvalue weighted by Gasteiger charge is 2.16. The van der Waals surface area contributed by atoms with Crippen LogP contribution in [-0.2, 0) is 0 Å². The van der Waals surface area contributed by atoms with E-state index in [1.807, 2.05) is 17.5 Å². The predicted molar refractivity (Wildman–Crippen MR) is 105 cm³/mol. The molecule has 0 aromatic carbocycles. The van der Waals surface area contributed by atoms with Crippen molar-refractivity contribution in [3.05, 3.63) is 65.7 Å².